The van der Waals surface area contributed by atoms with Gasteiger partial charge in [-0.25, -0.2) is 0 Å². The summed E-state index contributed by atoms with van der Waals surface area (Å²) >= 11 is 0. The van der Waals surface area contributed by atoms with Crippen LogP contribution in [0.15, 0.2) is 35.9 Å². The highest BCUT2D eigenvalue weighted by Crippen LogP contribution is 2.54. The minimum absolute atomic E-state index is 0.900. The SMILES string of the molecule is CC1=C(c2ccccc2)[C@H]2CCC[C@@H]12. The zero-order valence-corrected chi connectivity index (χ0v) is 8.66. The lowest BCUT2D eigenvalue weighted by atomic mass is 9.68. The van der Waals surface area contributed by atoms with Crippen LogP contribution in [0.4, 0.5) is 0 Å². The van der Waals surface area contributed by atoms with Crippen LogP contribution in [0, 0.1) is 11.8 Å². The van der Waals surface area contributed by atoms with Crippen molar-refractivity contribution in [1.82, 2.24) is 0 Å². The van der Waals surface area contributed by atoms with Gasteiger partial charge >= 0.3 is 0 Å². The summed E-state index contributed by atoms with van der Waals surface area (Å²) in [5.41, 5.74) is 4.79. The topological polar surface area (TPSA) is 0 Å². The quantitative estimate of drug-likeness (QED) is 0.621. The molecule has 0 aromatic heterocycles. The van der Waals surface area contributed by atoms with Crippen molar-refractivity contribution >= 4 is 5.57 Å². The molecule has 1 saturated carbocycles. The van der Waals surface area contributed by atoms with Crippen LogP contribution in [0.5, 0.6) is 0 Å². The van der Waals surface area contributed by atoms with Crippen molar-refractivity contribution in [3.63, 3.8) is 0 Å². The first kappa shape index (κ1) is 8.28. The van der Waals surface area contributed by atoms with E-state index in [9.17, 15) is 0 Å². The van der Waals surface area contributed by atoms with E-state index >= 15 is 0 Å². The normalized spacial score (nSPS) is 30.1. The average Bonchev–Trinajstić information content (AvgIpc) is 2.63. The first-order valence-corrected chi connectivity index (χ1v) is 5.64. The van der Waals surface area contributed by atoms with Gasteiger partial charge in [-0.05, 0) is 42.7 Å². The molecule has 3 rings (SSSR count). The Balaban J connectivity index is 2.01. The van der Waals surface area contributed by atoms with Gasteiger partial charge in [0, 0.05) is 0 Å². The molecule has 0 amide bonds. The van der Waals surface area contributed by atoms with E-state index in [0.29, 0.717) is 0 Å². The van der Waals surface area contributed by atoms with Crippen molar-refractivity contribution < 1.29 is 0 Å². The molecule has 0 N–H and O–H groups in total. The van der Waals surface area contributed by atoms with Crippen molar-refractivity contribution in [2.24, 2.45) is 11.8 Å². The molecule has 2 aliphatic carbocycles. The molecule has 0 unspecified atom stereocenters. The molecule has 0 bridgehead atoms. The zero-order chi connectivity index (χ0) is 9.54. The molecule has 1 aromatic rings. The highest BCUT2D eigenvalue weighted by atomic mass is 14.4. The molecule has 14 heavy (non-hydrogen) atoms. The first-order chi connectivity index (χ1) is 6.88. The van der Waals surface area contributed by atoms with Crippen LogP contribution >= 0.6 is 0 Å². The molecule has 0 nitrogen and oxygen atoms in total. The second-order valence-corrected chi connectivity index (χ2v) is 4.61. The molecule has 2 atom stereocenters. The smallest absolute Gasteiger partial charge is 0.00907 e. The molecule has 1 fully saturated rings. The number of hydrogen-bond donors (Lipinski definition) is 0. The number of hydrogen-bond acceptors (Lipinski definition) is 0. The lowest BCUT2D eigenvalue weighted by Gasteiger charge is -2.36. The summed E-state index contributed by atoms with van der Waals surface area (Å²) < 4.78 is 0. The number of benzene rings is 1. The van der Waals surface area contributed by atoms with E-state index in [2.05, 4.69) is 37.3 Å². The van der Waals surface area contributed by atoms with Crippen LogP contribution in [0.2, 0.25) is 0 Å². The van der Waals surface area contributed by atoms with Gasteiger partial charge in [0.05, 0.1) is 0 Å². The number of fused-ring (bicyclic) bond motifs is 1. The lowest BCUT2D eigenvalue weighted by Crippen LogP contribution is -2.23. The largest absolute Gasteiger partial charge is 0.0655 e. The summed E-state index contributed by atoms with van der Waals surface area (Å²) in [6.07, 6.45) is 4.29. The van der Waals surface area contributed by atoms with Crippen LogP contribution in [0.3, 0.4) is 0 Å². The first-order valence-electron chi connectivity index (χ1n) is 5.64. The van der Waals surface area contributed by atoms with Crippen LogP contribution in [0.25, 0.3) is 5.57 Å². The average molecular weight is 184 g/mol. The molecular weight excluding hydrogens is 168 g/mol. The molecular formula is C14H16. The van der Waals surface area contributed by atoms with Gasteiger partial charge in [0.25, 0.3) is 0 Å². The van der Waals surface area contributed by atoms with E-state index in [1.165, 1.54) is 24.8 Å². The third-order valence-electron chi connectivity index (χ3n) is 3.95. The molecule has 72 valence electrons. The molecule has 0 spiro atoms. The van der Waals surface area contributed by atoms with Crippen LogP contribution in [-0.2, 0) is 0 Å². The van der Waals surface area contributed by atoms with E-state index in [4.69, 9.17) is 0 Å². The van der Waals surface area contributed by atoms with E-state index in [-0.39, 0.29) is 0 Å². The Morgan fingerprint density at radius 3 is 2.50 bits per heavy atom. The maximum Gasteiger partial charge on any atom is -0.00907 e. The molecule has 2 aliphatic rings. The predicted octanol–water partition coefficient (Wildman–Crippen LogP) is 3.89. The van der Waals surface area contributed by atoms with Crippen LogP contribution < -0.4 is 0 Å². The van der Waals surface area contributed by atoms with E-state index in [0.717, 1.165) is 11.8 Å². The minimum atomic E-state index is 0.900. The Morgan fingerprint density at radius 2 is 1.71 bits per heavy atom. The highest BCUT2D eigenvalue weighted by molar-refractivity contribution is 5.77. The van der Waals surface area contributed by atoms with E-state index < -0.39 is 0 Å². The Morgan fingerprint density at radius 1 is 1.00 bits per heavy atom. The fourth-order valence-corrected chi connectivity index (χ4v) is 3.28. The van der Waals surface area contributed by atoms with Gasteiger partial charge in [-0.1, -0.05) is 42.3 Å². The Labute approximate surface area is 85.6 Å². The molecule has 0 saturated heterocycles. The summed E-state index contributed by atoms with van der Waals surface area (Å²) in [6.45, 7) is 2.33. The standard InChI is InChI=1S/C14H16/c1-10-12-8-5-9-13(12)14(10)11-6-3-2-4-7-11/h2-4,6-7,12-13H,5,8-9H2,1H3/t12-,13-/m0/s1. The van der Waals surface area contributed by atoms with Gasteiger partial charge in [-0.3, -0.25) is 0 Å². The van der Waals surface area contributed by atoms with Crippen molar-refractivity contribution in [2.45, 2.75) is 26.2 Å². The van der Waals surface area contributed by atoms with Crippen LogP contribution in [-0.4, -0.2) is 0 Å². The molecule has 0 heterocycles. The van der Waals surface area contributed by atoms with Gasteiger partial charge in [0.15, 0.2) is 0 Å². The zero-order valence-electron chi connectivity index (χ0n) is 8.66. The summed E-state index contributed by atoms with van der Waals surface area (Å²) in [5.74, 6) is 1.84. The Kier molecular flexibility index (Phi) is 1.76. The highest BCUT2D eigenvalue weighted by Gasteiger charge is 2.41. The summed E-state index contributed by atoms with van der Waals surface area (Å²) in [7, 11) is 0. The predicted molar refractivity (Wildman–Crippen MR) is 59.9 cm³/mol. The lowest BCUT2D eigenvalue weighted by molar-refractivity contribution is 0.486. The fraction of sp³-hybridized carbons (Fsp3) is 0.429. The summed E-state index contributed by atoms with van der Waals surface area (Å²) in [4.78, 5) is 0. The van der Waals surface area contributed by atoms with Gasteiger partial charge in [-0.2, -0.15) is 0 Å². The van der Waals surface area contributed by atoms with Gasteiger partial charge in [0.2, 0.25) is 0 Å². The van der Waals surface area contributed by atoms with Crippen molar-refractivity contribution in [3.05, 3.63) is 41.5 Å². The summed E-state index contributed by atoms with van der Waals surface area (Å²) in [5, 5.41) is 0. The molecule has 0 radical (unpaired) electrons. The summed E-state index contributed by atoms with van der Waals surface area (Å²) in [6, 6.07) is 10.9. The number of allylic oxidation sites excluding steroid dienone is 2. The minimum Gasteiger partial charge on any atom is -0.0655 e. The monoisotopic (exact) mass is 184 g/mol. The second kappa shape index (κ2) is 2.98. The molecule has 0 aliphatic heterocycles. The van der Waals surface area contributed by atoms with Gasteiger partial charge in [0.1, 0.15) is 0 Å². The van der Waals surface area contributed by atoms with Crippen molar-refractivity contribution in [1.29, 1.82) is 0 Å². The van der Waals surface area contributed by atoms with Gasteiger partial charge < -0.3 is 0 Å². The van der Waals surface area contributed by atoms with Crippen molar-refractivity contribution in [2.75, 3.05) is 0 Å². The number of rotatable bonds is 1. The van der Waals surface area contributed by atoms with Crippen LogP contribution in [0.1, 0.15) is 31.7 Å². The Hall–Kier alpha value is -1.04. The van der Waals surface area contributed by atoms with E-state index in [1.54, 1.807) is 11.1 Å². The maximum absolute atomic E-state index is 2.33. The molecule has 1 aromatic carbocycles. The third-order valence-corrected chi connectivity index (χ3v) is 3.95. The maximum atomic E-state index is 2.33. The van der Waals surface area contributed by atoms with E-state index in [1.807, 2.05) is 0 Å². The van der Waals surface area contributed by atoms with Gasteiger partial charge in [-0.15, -0.1) is 0 Å². The third kappa shape index (κ3) is 1.00. The second-order valence-electron chi connectivity index (χ2n) is 4.61. The Bertz CT molecular complexity index is 372. The molecule has 0 heteroatoms. The fourth-order valence-electron chi connectivity index (χ4n) is 3.28. The van der Waals surface area contributed by atoms with Crippen molar-refractivity contribution in [3.8, 4) is 0 Å².